The number of aromatic nitrogens is 1. The normalized spacial score (nSPS) is 17.0. The number of alkyl halides is 3. The molecular weight excluding hydrogens is 433 g/mol. The summed E-state index contributed by atoms with van der Waals surface area (Å²) in [6.07, 6.45) is 0.506. The van der Waals surface area contributed by atoms with Gasteiger partial charge in [-0.25, -0.2) is 17.7 Å². The predicted molar refractivity (Wildman–Crippen MR) is 112 cm³/mol. The summed E-state index contributed by atoms with van der Waals surface area (Å²) in [5, 5.41) is 9.28. The fraction of sp³-hybridized carbons (Fsp3) is 0.650. The van der Waals surface area contributed by atoms with Gasteiger partial charge in [0.1, 0.15) is 11.9 Å². The number of halogens is 3. The van der Waals surface area contributed by atoms with Gasteiger partial charge in [0.15, 0.2) is 0 Å². The second kappa shape index (κ2) is 11.7. The van der Waals surface area contributed by atoms with Crippen LogP contribution >= 0.6 is 0 Å². The molecule has 174 valence electrons. The Kier molecular flexibility index (Phi) is 9.55. The SMILES string of the molecule is CCCCCC#CC(CS(=O)(=O)N1CCCN(c2ccc(C(F)(F)F)cn2)CC1)NO. The van der Waals surface area contributed by atoms with E-state index < -0.39 is 27.8 Å². The summed E-state index contributed by atoms with van der Waals surface area (Å²) in [7, 11) is -3.68. The molecule has 0 spiro atoms. The maximum atomic E-state index is 12.8. The van der Waals surface area contributed by atoms with Crippen molar-refractivity contribution in [3.8, 4) is 11.8 Å². The molecule has 0 aromatic carbocycles. The van der Waals surface area contributed by atoms with E-state index in [9.17, 15) is 26.8 Å². The Morgan fingerprint density at radius 3 is 2.61 bits per heavy atom. The molecule has 1 aliphatic heterocycles. The Balaban J connectivity index is 1.97. The van der Waals surface area contributed by atoms with Crippen molar-refractivity contribution in [1.29, 1.82) is 0 Å². The first kappa shape index (κ1) is 25.4. The fourth-order valence-electron chi connectivity index (χ4n) is 3.23. The molecule has 11 heteroatoms. The first-order chi connectivity index (χ1) is 14.7. The van der Waals surface area contributed by atoms with Crippen LogP contribution in [0.2, 0.25) is 0 Å². The lowest BCUT2D eigenvalue weighted by Crippen LogP contribution is -2.42. The number of nitrogens with zero attached hydrogens (tertiary/aromatic N) is 3. The second-order valence-electron chi connectivity index (χ2n) is 7.38. The van der Waals surface area contributed by atoms with E-state index in [1.54, 1.807) is 4.90 Å². The van der Waals surface area contributed by atoms with Crippen molar-refractivity contribution >= 4 is 15.8 Å². The highest BCUT2D eigenvalue weighted by Crippen LogP contribution is 2.29. The highest BCUT2D eigenvalue weighted by atomic mass is 32.2. The van der Waals surface area contributed by atoms with Crippen molar-refractivity contribution < 1.29 is 26.8 Å². The summed E-state index contributed by atoms with van der Waals surface area (Å²) in [5.74, 6) is 5.68. The molecular formula is C20H29F3N4O3S. The number of hydrogen-bond acceptors (Lipinski definition) is 6. The predicted octanol–water partition coefficient (Wildman–Crippen LogP) is 2.87. The van der Waals surface area contributed by atoms with E-state index in [0.29, 0.717) is 31.7 Å². The van der Waals surface area contributed by atoms with Gasteiger partial charge in [0, 0.05) is 38.8 Å². The molecule has 0 amide bonds. The third-order valence-corrected chi connectivity index (χ3v) is 6.87. The molecule has 1 saturated heterocycles. The number of hydroxylamine groups is 1. The minimum Gasteiger partial charge on any atom is -0.355 e. The van der Waals surface area contributed by atoms with E-state index in [1.807, 2.05) is 5.48 Å². The molecule has 2 N–H and O–H groups in total. The molecule has 7 nitrogen and oxygen atoms in total. The lowest BCUT2D eigenvalue weighted by molar-refractivity contribution is -0.137. The molecule has 0 saturated carbocycles. The average Bonchev–Trinajstić information content (AvgIpc) is 2.99. The van der Waals surface area contributed by atoms with Gasteiger partial charge in [-0.05, 0) is 25.0 Å². The monoisotopic (exact) mass is 462 g/mol. The Labute approximate surface area is 181 Å². The number of nitrogens with one attached hydrogen (secondary N) is 1. The van der Waals surface area contributed by atoms with Crippen molar-refractivity contribution in [3.05, 3.63) is 23.9 Å². The van der Waals surface area contributed by atoms with Gasteiger partial charge in [0.05, 0.1) is 11.3 Å². The number of anilines is 1. The molecule has 2 heterocycles. The van der Waals surface area contributed by atoms with E-state index in [-0.39, 0.29) is 18.8 Å². The fourth-order valence-corrected chi connectivity index (χ4v) is 4.78. The summed E-state index contributed by atoms with van der Waals surface area (Å²) < 4.78 is 65.1. The standard InChI is InChI=1S/C20H29F3N4O3S/c1-2-3-4-5-6-8-18(25-28)16-31(29,30)27-12-7-11-26(13-14-27)19-10-9-17(15-24-19)20(21,22)23/h9-10,15,18,25,28H,2-5,7,11-14,16H2,1H3. The van der Waals surface area contributed by atoms with Crippen LogP contribution in [0, 0.1) is 11.8 Å². The summed E-state index contributed by atoms with van der Waals surface area (Å²) in [4.78, 5) is 5.66. The number of pyridine rings is 1. The first-order valence-electron chi connectivity index (χ1n) is 10.3. The highest BCUT2D eigenvalue weighted by Gasteiger charge is 2.31. The molecule has 0 radical (unpaired) electrons. The molecule has 1 unspecified atom stereocenters. The lowest BCUT2D eigenvalue weighted by atomic mass is 10.2. The molecule has 0 bridgehead atoms. The summed E-state index contributed by atoms with van der Waals surface area (Å²) in [6, 6.07) is 1.38. The Morgan fingerprint density at radius 2 is 2.00 bits per heavy atom. The van der Waals surface area contributed by atoms with E-state index in [1.165, 1.54) is 10.4 Å². The zero-order valence-corrected chi connectivity index (χ0v) is 18.3. The van der Waals surface area contributed by atoms with Gasteiger partial charge < -0.3 is 10.1 Å². The first-order valence-corrected chi connectivity index (χ1v) is 11.9. The van der Waals surface area contributed by atoms with E-state index >= 15 is 0 Å². The second-order valence-corrected chi connectivity index (χ2v) is 9.39. The van der Waals surface area contributed by atoms with Crippen LogP contribution in [0.1, 0.15) is 44.6 Å². The van der Waals surface area contributed by atoms with Crippen molar-refractivity contribution in [2.75, 3.05) is 36.8 Å². The number of hydrogen-bond donors (Lipinski definition) is 2. The maximum absolute atomic E-state index is 12.8. The van der Waals surface area contributed by atoms with Crippen LogP contribution in [0.5, 0.6) is 0 Å². The van der Waals surface area contributed by atoms with E-state index in [0.717, 1.165) is 31.5 Å². The molecule has 1 fully saturated rings. The largest absolute Gasteiger partial charge is 0.417 e. The van der Waals surface area contributed by atoms with Crippen LogP contribution in [0.15, 0.2) is 18.3 Å². The van der Waals surface area contributed by atoms with Gasteiger partial charge in [-0.2, -0.15) is 18.7 Å². The van der Waals surface area contributed by atoms with Crippen molar-refractivity contribution in [2.24, 2.45) is 0 Å². The zero-order chi connectivity index (χ0) is 22.9. The topological polar surface area (TPSA) is 85.8 Å². The zero-order valence-electron chi connectivity index (χ0n) is 17.5. The van der Waals surface area contributed by atoms with Crippen LogP contribution in [0.4, 0.5) is 19.0 Å². The summed E-state index contributed by atoms with van der Waals surface area (Å²) >= 11 is 0. The van der Waals surface area contributed by atoms with Gasteiger partial charge in [-0.1, -0.05) is 25.7 Å². The Bertz CT molecular complexity index is 851. The number of unbranched alkanes of at least 4 members (excludes halogenated alkanes) is 3. The van der Waals surface area contributed by atoms with E-state index in [2.05, 4.69) is 23.7 Å². The van der Waals surface area contributed by atoms with Crippen LogP contribution in [-0.2, 0) is 16.2 Å². The smallest absolute Gasteiger partial charge is 0.355 e. The molecule has 1 aromatic rings. The minimum absolute atomic E-state index is 0.174. The van der Waals surface area contributed by atoms with Gasteiger partial charge in [0.2, 0.25) is 10.0 Å². The van der Waals surface area contributed by atoms with Crippen molar-refractivity contribution in [3.63, 3.8) is 0 Å². The Morgan fingerprint density at radius 1 is 1.23 bits per heavy atom. The van der Waals surface area contributed by atoms with E-state index in [4.69, 9.17) is 0 Å². The molecule has 1 aliphatic rings. The molecule has 0 aliphatic carbocycles. The molecule has 2 rings (SSSR count). The summed E-state index contributed by atoms with van der Waals surface area (Å²) in [6.45, 7) is 3.31. The third-order valence-electron chi connectivity index (χ3n) is 4.96. The van der Waals surface area contributed by atoms with Crippen LogP contribution < -0.4 is 10.4 Å². The van der Waals surface area contributed by atoms with Crippen LogP contribution in [0.25, 0.3) is 0 Å². The van der Waals surface area contributed by atoms with Gasteiger partial charge in [-0.15, -0.1) is 5.92 Å². The Hall–Kier alpha value is -1.87. The molecule has 1 aromatic heterocycles. The number of sulfonamides is 1. The lowest BCUT2D eigenvalue weighted by Gasteiger charge is -2.23. The van der Waals surface area contributed by atoms with Gasteiger partial charge >= 0.3 is 6.18 Å². The highest BCUT2D eigenvalue weighted by molar-refractivity contribution is 7.89. The molecule has 1 atom stereocenters. The quantitative estimate of drug-likeness (QED) is 0.351. The van der Waals surface area contributed by atoms with Crippen molar-refractivity contribution in [2.45, 2.75) is 51.2 Å². The molecule has 31 heavy (non-hydrogen) atoms. The van der Waals surface area contributed by atoms with Crippen LogP contribution in [0.3, 0.4) is 0 Å². The minimum atomic E-state index is -4.45. The number of rotatable bonds is 8. The summed E-state index contributed by atoms with van der Waals surface area (Å²) in [5.41, 5.74) is 1.14. The maximum Gasteiger partial charge on any atom is 0.417 e. The van der Waals surface area contributed by atoms with Gasteiger partial charge in [-0.3, -0.25) is 0 Å². The van der Waals surface area contributed by atoms with Crippen LogP contribution in [-0.4, -0.2) is 60.9 Å². The average molecular weight is 463 g/mol. The van der Waals surface area contributed by atoms with Crippen molar-refractivity contribution in [1.82, 2.24) is 14.8 Å². The third kappa shape index (κ3) is 7.96. The van der Waals surface area contributed by atoms with Gasteiger partial charge in [0.25, 0.3) is 0 Å².